The Labute approximate surface area is 126 Å². The number of hydrogen-bond acceptors (Lipinski definition) is 5. The monoisotopic (exact) mass is 305 g/mol. The van der Waals surface area contributed by atoms with E-state index in [0.29, 0.717) is 13.2 Å². The molecule has 2 amide bonds. The van der Waals surface area contributed by atoms with E-state index in [9.17, 15) is 9.59 Å². The van der Waals surface area contributed by atoms with Crippen LogP contribution >= 0.6 is 11.8 Å². The second kappa shape index (κ2) is 6.17. The predicted octanol–water partition coefficient (Wildman–Crippen LogP) is 2.19. The Bertz CT molecular complexity index is 654. The van der Waals surface area contributed by atoms with Crippen molar-refractivity contribution in [3.05, 3.63) is 30.6 Å². The average Bonchev–Trinajstić information content (AvgIpc) is 3.08. The summed E-state index contributed by atoms with van der Waals surface area (Å²) in [6, 6.07) is 5.70. The van der Waals surface area contributed by atoms with Gasteiger partial charge in [-0.25, -0.2) is 4.98 Å². The Kier molecular flexibility index (Phi) is 4.10. The molecule has 0 unspecified atom stereocenters. The standard InChI is InChI=1S/C14H15N3O3S/c18-12-10-21-14(19)17(12)7-1-2-9-20-13-5-3-4-11-15-6-8-16(11)13/h3-6,8H,1-2,7,9-10H2. The number of hydrogen-bond donors (Lipinski definition) is 0. The molecule has 0 radical (unpaired) electrons. The molecule has 0 saturated carbocycles. The van der Waals surface area contributed by atoms with Crippen LogP contribution in [0.25, 0.3) is 5.65 Å². The minimum Gasteiger partial charge on any atom is -0.479 e. The van der Waals surface area contributed by atoms with Gasteiger partial charge in [-0.05, 0) is 25.0 Å². The lowest BCUT2D eigenvalue weighted by Gasteiger charge is -2.12. The van der Waals surface area contributed by atoms with E-state index in [0.717, 1.165) is 36.1 Å². The van der Waals surface area contributed by atoms with Gasteiger partial charge < -0.3 is 4.74 Å². The lowest BCUT2D eigenvalue weighted by Crippen LogP contribution is -2.29. The predicted molar refractivity (Wildman–Crippen MR) is 79.5 cm³/mol. The first-order valence-corrected chi connectivity index (χ1v) is 7.76. The summed E-state index contributed by atoms with van der Waals surface area (Å²) in [7, 11) is 0. The van der Waals surface area contributed by atoms with Crippen LogP contribution in [0.5, 0.6) is 5.88 Å². The fourth-order valence-corrected chi connectivity index (χ4v) is 2.94. The van der Waals surface area contributed by atoms with Crippen LogP contribution in [0.15, 0.2) is 30.6 Å². The van der Waals surface area contributed by atoms with Gasteiger partial charge in [-0.15, -0.1) is 0 Å². The molecule has 2 aromatic heterocycles. The highest BCUT2D eigenvalue weighted by Gasteiger charge is 2.28. The highest BCUT2D eigenvalue weighted by Crippen LogP contribution is 2.19. The fourth-order valence-electron chi connectivity index (χ4n) is 2.18. The van der Waals surface area contributed by atoms with Crippen molar-refractivity contribution in [2.75, 3.05) is 18.9 Å². The van der Waals surface area contributed by atoms with Crippen molar-refractivity contribution >= 4 is 28.6 Å². The fraction of sp³-hybridized carbons (Fsp3) is 0.357. The van der Waals surface area contributed by atoms with Crippen LogP contribution in [0, 0.1) is 0 Å². The smallest absolute Gasteiger partial charge is 0.288 e. The third kappa shape index (κ3) is 3.02. The number of amides is 2. The maximum Gasteiger partial charge on any atom is 0.288 e. The first kappa shape index (κ1) is 13.9. The number of imidazole rings is 1. The van der Waals surface area contributed by atoms with Crippen LogP contribution in [0.2, 0.25) is 0 Å². The van der Waals surface area contributed by atoms with Crippen molar-refractivity contribution in [2.24, 2.45) is 0 Å². The number of rotatable bonds is 6. The van der Waals surface area contributed by atoms with E-state index < -0.39 is 0 Å². The molecule has 0 spiro atoms. The highest BCUT2D eigenvalue weighted by molar-refractivity contribution is 8.14. The zero-order chi connectivity index (χ0) is 14.7. The van der Waals surface area contributed by atoms with Gasteiger partial charge in [-0.2, -0.15) is 0 Å². The summed E-state index contributed by atoms with van der Waals surface area (Å²) in [6.07, 6.45) is 5.11. The van der Waals surface area contributed by atoms with Gasteiger partial charge in [0.15, 0.2) is 5.88 Å². The Balaban J connectivity index is 1.45. The average molecular weight is 305 g/mol. The number of ether oxygens (including phenoxy) is 1. The third-order valence-corrected chi connectivity index (χ3v) is 4.12. The Morgan fingerprint density at radius 1 is 1.29 bits per heavy atom. The quantitative estimate of drug-likeness (QED) is 0.765. The molecule has 1 saturated heterocycles. The summed E-state index contributed by atoms with van der Waals surface area (Å²) in [6.45, 7) is 1.02. The zero-order valence-electron chi connectivity index (χ0n) is 11.4. The van der Waals surface area contributed by atoms with Gasteiger partial charge in [0.25, 0.3) is 5.24 Å². The number of carbonyl (C=O) groups is 2. The van der Waals surface area contributed by atoms with Crippen LogP contribution in [0.1, 0.15) is 12.8 Å². The van der Waals surface area contributed by atoms with E-state index in [-0.39, 0.29) is 16.9 Å². The molecule has 1 fully saturated rings. The molecule has 0 N–H and O–H groups in total. The molecule has 1 aliphatic rings. The minimum absolute atomic E-state index is 0.0888. The Morgan fingerprint density at radius 2 is 2.19 bits per heavy atom. The summed E-state index contributed by atoms with van der Waals surface area (Å²) in [4.78, 5) is 28.4. The molecular formula is C14H15N3O3S. The normalized spacial score (nSPS) is 15.1. The van der Waals surface area contributed by atoms with Crippen LogP contribution in [-0.4, -0.2) is 44.3 Å². The van der Waals surface area contributed by atoms with E-state index in [1.54, 1.807) is 6.20 Å². The van der Waals surface area contributed by atoms with Crippen molar-refractivity contribution in [3.63, 3.8) is 0 Å². The molecular weight excluding hydrogens is 290 g/mol. The Hall–Kier alpha value is -2.02. The lowest BCUT2D eigenvalue weighted by molar-refractivity contribution is -0.124. The topological polar surface area (TPSA) is 63.9 Å². The van der Waals surface area contributed by atoms with E-state index in [2.05, 4.69) is 4.98 Å². The summed E-state index contributed by atoms with van der Waals surface area (Å²) in [5, 5.41) is -0.135. The second-order valence-electron chi connectivity index (χ2n) is 4.67. The largest absolute Gasteiger partial charge is 0.479 e. The number of carbonyl (C=O) groups excluding carboxylic acids is 2. The lowest BCUT2D eigenvalue weighted by atomic mass is 10.3. The van der Waals surface area contributed by atoms with E-state index >= 15 is 0 Å². The summed E-state index contributed by atoms with van der Waals surface area (Å²) < 4.78 is 7.60. The Morgan fingerprint density at radius 3 is 3.00 bits per heavy atom. The molecule has 1 aliphatic heterocycles. The van der Waals surface area contributed by atoms with Crippen LogP contribution in [0.3, 0.4) is 0 Å². The van der Waals surface area contributed by atoms with Gasteiger partial charge in [-0.3, -0.25) is 18.9 Å². The number of aromatic nitrogens is 2. The van der Waals surface area contributed by atoms with E-state index in [1.807, 2.05) is 28.8 Å². The molecule has 3 rings (SSSR count). The highest BCUT2D eigenvalue weighted by atomic mass is 32.2. The SMILES string of the molecule is O=C1CSC(=O)N1CCCCOc1cccc2nccn12. The van der Waals surface area contributed by atoms with E-state index in [4.69, 9.17) is 4.74 Å². The number of unbranched alkanes of at least 4 members (excludes halogenated alkanes) is 1. The third-order valence-electron chi connectivity index (χ3n) is 3.26. The van der Waals surface area contributed by atoms with Crippen LogP contribution < -0.4 is 4.74 Å². The van der Waals surface area contributed by atoms with Gasteiger partial charge in [0.1, 0.15) is 5.65 Å². The molecule has 0 bridgehead atoms. The van der Waals surface area contributed by atoms with Crippen molar-refractivity contribution < 1.29 is 14.3 Å². The summed E-state index contributed by atoms with van der Waals surface area (Å²) >= 11 is 1.07. The van der Waals surface area contributed by atoms with Gasteiger partial charge in [-0.1, -0.05) is 17.8 Å². The maximum absolute atomic E-state index is 11.4. The zero-order valence-corrected chi connectivity index (χ0v) is 12.2. The van der Waals surface area contributed by atoms with Gasteiger partial charge in [0.2, 0.25) is 5.91 Å². The molecule has 7 heteroatoms. The first-order valence-electron chi connectivity index (χ1n) is 6.78. The van der Waals surface area contributed by atoms with Gasteiger partial charge in [0, 0.05) is 18.9 Å². The molecule has 0 aliphatic carbocycles. The molecule has 6 nitrogen and oxygen atoms in total. The van der Waals surface area contributed by atoms with Crippen molar-refractivity contribution in [1.82, 2.24) is 14.3 Å². The molecule has 0 aromatic carbocycles. The molecule has 21 heavy (non-hydrogen) atoms. The number of imide groups is 1. The number of nitrogens with zero attached hydrogens (tertiary/aromatic N) is 3. The summed E-state index contributed by atoms with van der Waals surface area (Å²) in [5.74, 6) is 0.931. The van der Waals surface area contributed by atoms with Gasteiger partial charge in [0.05, 0.1) is 12.4 Å². The summed E-state index contributed by atoms with van der Waals surface area (Å²) in [5.41, 5.74) is 0.845. The minimum atomic E-state index is -0.135. The van der Waals surface area contributed by atoms with Gasteiger partial charge >= 0.3 is 0 Å². The second-order valence-corrected chi connectivity index (χ2v) is 5.60. The molecule has 3 heterocycles. The van der Waals surface area contributed by atoms with Crippen molar-refractivity contribution in [2.45, 2.75) is 12.8 Å². The maximum atomic E-state index is 11.4. The van der Waals surface area contributed by atoms with E-state index in [1.165, 1.54) is 4.90 Å². The number of pyridine rings is 1. The van der Waals surface area contributed by atoms with Crippen molar-refractivity contribution in [1.29, 1.82) is 0 Å². The molecule has 2 aromatic rings. The van der Waals surface area contributed by atoms with Crippen LogP contribution in [-0.2, 0) is 4.79 Å². The number of fused-ring (bicyclic) bond motifs is 1. The van der Waals surface area contributed by atoms with Crippen molar-refractivity contribution in [3.8, 4) is 5.88 Å². The molecule has 110 valence electrons. The van der Waals surface area contributed by atoms with Crippen LogP contribution in [0.4, 0.5) is 4.79 Å². The first-order chi connectivity index (χ1) is 10.3. The number of thioether (sulfide) groups is 1. The molecule has 0 atom stereocenters.